The van der Waals surface area contributed by atoms with Crippen molar-refractivity contribution in [3.63, 3.8) is 0 Å². The molecule has 3 atom stereocenters. The summed E-state index contributed by atoms with van der Waals surface area (Å²) in [5, 5.41) is 21.7. The van der Waals surface area contributed by atoms with Crippen molar-refractivity contribution in [3.8, 4) is 11.4 Å². The summed E-state index contributed by atoms with van der Waals surface area (Å²) in [6, 6.07) is 12.2. The number of rotatable bonds is 6. The molecule has 0 aliphatic carbocycles. The fourth-order valence-electron chi connectivity index (χ4n) is 4.16. The number of carbonyl (C=O) groups excluding carboxylic acids is 2. The maximum absolute atomic E-state index is 14.4. The average Bonchev–Trinajstić information content (AvgIpc) is 3.36. The Labute approximate surface area is 229 Å². The standard InChI is InChI=1S/C25H20F2N4O8Se/c1-12(33)38-16-10-13(6-7-15(16)31-22(36)14-4-2-3-5-18(14)40-31)21(35)28-19-8-9-30(24(37)29-19)23-25(26,27)20(34)17(11-32)39-23/h2-10,17,20,23,32,34H,11H2,1H3,(H,28,29,35,37). The Kier molecular flexibility index (Phi) is 7.25. The Morgan fingerprint density at radius 3 is 2.60 bits per heavy atom. The Morgan fingerprint density at radius 1 is 1.20 bits per heavy atom. The van der Waals surface area contributed by atoms with Crippen molar-refractivity contribution in [1.82, 2.24) is 13.1 Å². The van der Waals surface area contributed by atoms with E-state index in [9.17, 15) is 33.1 Å². The van der Waals surface area contributed by atoms with E-state index in [0.717, 1.165) is 16.5 Å². The molecule has 0 saturated carbocycles. The summed E-state index contributed by atoms with van der Waals surface area (Å²) in [4.78, 5) is 53.7. The van der Waals surface area contributed by atoms with Crippen LogP contribution in [0.4, 0.5) is 14.6 Å². The molecule has 40 heavy (non-hydrogen) atoms. The normalized spacial score (nSPS) is 20.0. The van der Waals surface area contributed by atoms with Gasteiger partial charge in [-0.25, -0.2) is 0 Å². The van der Waals surface area contributed by atoms with Crippen LogP contribution in [0.1, 0.15) is 23.5 Å². The summed E-state index contributed by atoms with van der Waals surface area (Å²) in [6.07, 6.45) is -5.26. The number of aliphatic hydroxyl groups is 2. The van der Waals surface area contributed by atoms with Crippen LogP contribution in [0.25, 0.3) is 15.3 Å². The third-order valence-corrected chi connectivity index (χ3v) is 8.37. The van der Waals surface area contributed by atoms with Crippen molar-refractivity contribution in [3.05, 3.63) is 81.1 Å². The molecular weight excluding hydrogens is 601 g/mol. The van der Waals surface area contributed by atoms with E-state index in [-0.39, 0.29) is 28.4 Å². The molecular formula is C25H20F2N4O8Se. The molecule has 0 spiro atoms. The first-order valence-electron chi connectivity index (χ1n) is 11.7. The van der Waals surface area contributed by atoms with E-state index in [1.807, 2.05) is 12.1 Å². The zero-order chi connectivity index (χ0) is 28.8. The van der Waals surface area contributed by atoms with Crippen LogP contribution in [0.2, 0.25) is 0 Å². The number of aromatic nitrogens is 3. The maximum atomic E-state index is 14.4. The van der Waals surface area contributed by atoms with Gasteiger partial charge in [0.15, 0.2) is 6.10 Å². The van der Waals surface area contributed by atoms with E-state index >= 15 is 0 Å². The van der Waals surface area contributed by atoms with E-state index in [2.05, 4.69) is 10.3 Å². The number of nitrogens with one attached hydrogen (secondary N) is 1. The van der Waals surface area contributed by atoms with Gasteiger partial charge in [-0.3, -0.25) is 0 Å². The molecule has 3 N–H and O–H groups in total. The molecule has 1 aliphatic heterocycles. The molecule has 1 amide bonds. The van der Waals surface area contributed by atoms with Crippen LogP contribution < -0.4 is 21.3 Å². The van der Waals surface area contributed by atoms with Crippen molar-refractivity contribution in [1.29, 1.82) is 0 Å². The number of hydrogen-bond acceptors (Lipinski definition) is 9. The van der Waals surface area contributed by atoms with Crippen LogP contribution in [0.5, 0.6) is 5.75 Å². The van der Waals surface area contributed by atoms with Crippen molar-refractivity contribution < 1.29 is 38.1 Å². The number of amides is 1. The van der Waals surface area contributed by atoms with E-state index in [1.54, 1.807) is 12.1 Å². The van der Waals surface area contributed by atoms with E-state index < -0.39 is 63.3 Å². The Bertz CT molecular complexity index is 1750. The van der Waals surface area contributed by atoms with Crippen LogP contribution in [-0.2, 0) is 9.53 Å². The first kappa shape index (κ1) is 27.6. The van der Waals surface area contributed by atoms with Gasteiger partial charge in [-0.05, 0) is 0 Å². The van der Waals surface area contributed by atoms with Gasteiger partial charge in [-0.2, -0.15) is 8.78 Å². The summed E-state index contributed by atoms with van der Waals surface area (Å²) in [7, 11) is 0. The number of alkyl halides is 2. The van der Waals surface area contributed by atoms with Crippen LogP contribution in [0, 0.1) is 0 Å². The van der Waals surface area contributed by atoms with Crippen LogP contribution in [0.3, 0.4) is 0 Å². The summed E-state index contributed by atoms with van der Waals surface area (Å²) in [5.41, 5.74) is -1.21. The van der Waals surface area contributed by atoms with Crippen molar-refractivity contribution in [2.75, 3.05) is 11.9 Å². The molecule has 5 rings (SSSR count). The SMILES string of the molecule is CC(=O)Oc1cc(C(=O)Nc2ccn(C3OC(CO)C(O)C3(F)F)c(=O)n2)ccc1-n1[se]c2ccccc2c1=O. The summed E-state index contributed by atoms with van der Waals surface area (Å²) >= 11 is -0.437. The summed E-state index contributed by atoms with van der Waals surface area (Å²) in [5.74, 6) is -5.66. The van der Waals surface area contributed by atoms with Gasteiger partial charge < -0.3 is 14.9 Å². The summed E-state index contributed by atoms with van der Waals surface area (Å²) < 4.78 is 41.8. The minimum atomic E-state index is -3.89. The topological polar surface area (TPSA) is 162 Å². The van der Waals surface area contributed by atoms with Crippen LogP contribution >= 0.6 is 0 Å². The number of hydrogen-bond donors (Lipinski definition) is 3. The predicted octanol–water partition coefficient (Wildman–Crippen LogP) is 0.668. The number of esters is 1. The number of halogens is 2. The third kappa shape index (κ3) is 4.89. The molecule has 3 unspecified atom stereocenters. The number of fused-ring (bicyclic) bond motifs is 1. The second-order valence-corrected chi connectivity index (χ2v) is 10.8. The number of aliphatic hydroxyl groups excluding tert-OH is 2. The van der Waals surface area contributed by atoms with Gasteiger partial charge in [-0.1, -0.05) is 0 Å². The molecule has 2 aromatic carbocycles. The number of carbonyl (C=O) groups is 2. The van der Waals surface area contributed by atoms with Gasteiger partial charge >= 0.3 is 186 Å². The fraction of sp³-hybridized carbons (Fsp3) is 0.240. The molecule has 1 fully saturated rings. The predicted molar refractivity (Wildman–Crippen MR) is 136 cm³/mol. The Morgan fingerprint density at radius 2 is 1.95 bits per heavy atom. The van der Waals surface area contributed by atoms with Crippen LogP contribution in [-0.4, -0.2) is 74.7 Å². The molecule has 3 heterocycles. The molecule has 0 bridgehead atoms. The second-order valence-electron chi connectivity index (χ2n) is 8.75. The molecule has 208 valence electrons. The molecule has 15 heteroatoms. The van der Waals surface area contributed by atoms with Gasteiger partial charge in [0.2, 0.25) is 0 Å². The monoisotopic (exact) mass is 622 g/mol. The number of anilines is 1. The zero-order valence-corrected chi connectivity index (χ0v) is 22.2. The molecule has 4 aromatic rings. The van der Waals surface area contributed by atoms with Crippen molar-refractivity contribution in [2.24, 2.45) is 0 Å². The summed E-state index contributed by atoms with van der Waals surface area (Å²) in [6.45, 7) is 0.276. The molecule has 2 aromatic heterocycles. The molecule has 12 nitrogen and oxygen atoms in total. The van der Waals surface area contributed by atoms with Crippen LogP contribution in [0.15, 0.2) is 64.3 Å². The fourth-order valence-corrected chi connectivity index (χ4v) is 6.30. The molecule has 1 aliphatic rings. The Balaban J connectivity index is 1.42. The van der Waals surface area contributed by atoms with E-state index in [1.165, 1.54) is 28.7 Å². The van der Waals surface area contributed by atoms with Gasteiger partial charge in [-0.15, -0.1) is 0 Å². The third-order valence-electron chi connectivity index (χ3n) is 6.07. The molecule has 1 saturated heterocycles. The Hall–Kier alpha value is -4.01. The van der Waals surface area contributed by atoms with Gasteiger partial charge in [0, 0.05) is 0 Å². The average molecular weight is 621 g/mol. The van der Waals surface area contributed by atoms with Crippen molar-refractivity contribution >= 4 is 42.1 Å². The first-order chi connectivity index (χ1) is 19.0. The van der Waals surface area contributed by atoms with Gasteiger partial charge in [0.25, 0.3) is 0 Å². The number of ether oxygens (including phenoxy) is 2. The number of benzene rings is 2. The molecule has 0 radical (unpaired) electrons. The number of nitrogens with zero attached hydrogens (tertiary/aromatic N) is 3. The van der Waals surface area contributed by atoms with E-state index in [4.69, 9.17) is 14.6 Å². The van der Waals surface area contributed by atoms with Gasteiger partial charge in [0.05, 0.1) is 6.61 Å². The minimum absolute atomic E-state index is 0.0118. The quantitative estimate of drug-likeness (QED) is 0.160. The second kappa shape index (κ2) is 10.5. The van der Waals surface area contributed by atoms with Crippen molar-refractivity contribution in [2.45, 2.75) is 31.3 Å². The zero-order valence-electron chi connectivity index (χ0n) is 20.5. The first-order valence-corrected chi connectivity index (χ1v) is 13.3. The van der Waals surface area contributed by atoms with E-state index in [0.29, 0.717) is 9.95 Å². The van der Waals surface area contributed by atoms with Gasteiger partial charge in [0.1, 0.15) is 6.10 Å².